The number of carboxylic acid groups (broad SMARTS) is 1. The highest BCUT2D eigenvalue weighted by Gasteiger charge is 2.19. The molecule has 5 nitrogen and oxygen atoms in total. The van der Waals surface area contributed by atoms with Gasteiger partial charge in [0.2, 0.25) is 0 Å². The number of carboxylic acids is 1. The van der Waals surface area contributed by atoms with Gasteiger partial charge in [-0.05, 0) is 28.1 Å². The molecule has 1 rings (SSSR count). The van der Waals surface area contributed by atoms with E-state index in [0.29, 0.717) is 0 Å². The molecule has 76 valence electrons. The largest absolute Gasteiger partial charge is 0.476 e. The predicted molar refractivity (Wildman–Crippen MR) is 52.0 cm³/mol. The Morgan fingerprint density at radius 1 is 1.50 bits per heavy atom. The van der Waals surface area contributed by atoms with Gasteiger partial charge in [0, 0.05) is 6.26 Å². The highest BCUT2D eigenvalue weighted by atomic mass is 79.9. The summed E-state index contributed by atoms with van der Waals surface area (Å²) < 4.78 is 22.6. The van der Waals surface area contributed by atoms with E-state index in [1.54, 1.807) is 0 Å². The molecule has 0 aliphatic rings. The van der Waals surface area contributed by atoms with Crippen LogP contribution in [0.5, 0.6) is 0 Å². The zero-order chi connectivity index (χ0) is 10.9. The fraction of sp³-hybridized carbons (Fsp3) is 0.143. The third kappa shape index (κ3) is 2.30. The van der Waals surface area contributed by atoms with Gasteiger partial charge >= 0.3 is 5.97 Å². The zero-order valence-corrected chi connectivity index (χ0v) is 9.46. The van der Waals surface area contributed by atoms with Crippen molar-refractivity contribution < 1.29 is 18.3 Å². The van der Waals surface area contributed by atoms with Crippen LogP contribution in [0.15, 0.2) is 21.6 Å². The topological polar surface area (TPSA) is 84.3 Å². The van der Waals surface area contributed by atoms with Crippen LogP contribution in [0.4, 0.5) is 0 Å². The van der Waals surface area contributed by atoms with Crippen LogP contribution in [0.1, 0.15) is 10.5 Å². The van der Waals surface area contributed by atoms with E-state index in [1.807, 2.05) is 0 Å². The minimum atomic E-state index is -3.56. The number of hydrogen-bond acceptors (Lipinski definition) is 4. The Morgan fingerprint density at radius 2 is 2.07 bits per heavy atom. The van der Waals surface area contributed by atoms with Crippen molar-refractivity contribution in [2.75, 3.05) is 6.26 Å². The van der Waals surface area contributed by atoms with E-state index in [9.17, 15) is 13.2 Å². The normalized spacial score (nSPS) is 11.3. The third-order valence-corrected chi connectivity index (χ3v) is 3.00. The maximum absolute atomic E-state index is 11.2. The quantitative estimate of drug-likeness (QED) is 0.815. The molecule has 0 saturated heterocycles. The molecular formula is C7H6BrNO4S. The van der Waals surface area contributed by atoms with Gasteiger partial charge in [-0.1, -0.05) is 0 Å². The summed E-state index contributed by atoms with van der Waals surface area (Å²) in [5.41, 5.74) is -0.470. The molecule has 1 aromatic rings. The first kappa shape index (κ1) is 11.1. The first-order valence-corrected chi connectivity index (χ1v) is 6.10. The van der Waals surface area contributed by atoms with E-state index >= 15 is 0 Å². The van der Waals surface area contributed by atoms with Gasteiger partial charge in [0.05, 0.1) is 4.90 Å². The number of carbonyl (C=O) groups is 1. The van der Waals surface area contributed by atoms with Crippen molar-refractivity contribution in [2.45, 2.75) is 4.90 Å². The lowest BCUT2D eigenvalue weighted by atomic mass is 10.3. The Bertz CT molecular complexity index is 482. The number of sulfone groups is 1. The van der Waals surface area contributed by atoms with Crippen LogP contribution in [0.2, 0.25) is 0 Å². The van der Waals surface area contributed by atoms with Crippen LogP contribution in [0, 0.1) is 0 Å². The summed E-state index contributed by atoms with van der Waals surface area (Å²) in [6.07, 6.45) is 0.935. The second-order valence-electron chi connectivity index (χ2n) is 2.56. The Labute approximate surface area is 88.8 Å². The summed E-state index contributed by atoms with van der Waals surface area (Å²) in [6.45, 7) is 0. The molecule has 0 fully saturated rings. The van der Waals surface area contributed by atoms with Crippen molar-refractivity contribution in [1.29, 1.82) is 0 Å². The van der Waals surface area contributed by atoms with Gasteiger partial charge in [-0.2, -0.15) is 0 Å². The number of rotatable bonds is 2. The average Bonchev–Trinajstić information content (AvgIpc) is 2.01. The Hall–Kier alpha value is -0.950. The third-order valence-electron chi connectivity index (χ3n) is 1.43. The second-order valence-corrected chi connectivity index (χ2v) is 5.35. The van der Waals surface area contributed by atoms with Crippen LogP contribution >= 0.6 is 15.9 Å². The van der Waals surface area contributed by atoms with Crippen LogP contribution in [-0.4, -0.2) is 30.7 Å². The summed E-state index contributed by atoms with van der Waals surface area (Å²) in [4.78, 5) is 14.0. The van der Waals surface area contributed by atoms with E-state index in [0.717, 1.165) is 6.26 Å². The van der Waals surface area contributed by atoms with Gasteiger partial charge in [-0.3, -0.25) is 0 Å². The summed E-state index contributed by atoms with van der Waals surface area (Å²) >= 11 is 2.96. The van der Waals surface area contributed by atoms with Gasteiger partial charge < -0.3 is 5.11 Å². The molecule has 0 unspecified atom stereocenters. The lowest BCUT2D eigenvalue weighted by Gasteiger charge is -2.02. The molecule has 0 radical (unpaired) electrons. The number of aromatic nitrogens is 1. The van der Waals surface area contributed by atoms with Crippen molar-refractivity contribution in [3.8, 4) is 0 Å². The number of aromatic carboxylic acids is 1. The fourth-order valence-electron chi connectivity index (χ4n) is 0.875. The van der Waals surface area contributed by atoms with Gasteiger partial charge in [-0.25, -0.2) is 18.2 Å². The molecule has 0 aliphatic carbocycles. The molecule has 0 saturated carbocycles. The molecule has 14 heavy (non-hydrogen) atoms. The Balaban J connectivity index is 3.53. The monoisotopic (exact) mass is 279 g/mol. The molecule has 1 N–H and O–H groups in total. The van der Waals surface area contributed by atoms with Crippen molar-refractivity contribution in [3.63, 3.8) is 0 Å². The minimum absolute atomic E-state index is 0.280. The number of nitrogens with zero attached hydrogens (tertiary/aromatic N) is 1. The van der Waals surface area contributed by atoms with Gasteiger partial charge in [-0.15, -0.1) is 0 Å². The number of halogens is 1. The van der Waals surface area contributed by atoms with Crippen molar-refractivity contribution in [3.05, 3.63) is 22.4 Å². The highest BCUT2D eigenvalue weighted by molar-refractivity contribution is 9.10. The molecule has 7 heteroatoms. The van der Waals surface area contributed by atoms with E-state index in [4.69, 9.17) is 5.11 Å². The van der Waals surface area contributed by atoms with Crippen LogP contribution in [-0.2, 0) is 9.84 Å². The standard InChI is InChI=1S/C7H6BrNO4S/c1-14(12,13)4-2-3-5(8)9-6(4)7(10)11/h2-3H,1H3,(H,10,11). The summed E-state index contributed by atoms with van der Waals surface area (Å²) in [5, 5.41) is 8.71. The lowest BCUT2D eigenvalue weighted by molar-refractivity contribution is 0.0685. The maximum Gasteiger partial charge on any atom is 0.355 e. The van der Waals surface area contributed by atoms with Crippen molar-refractivity contribution in [1.82, 2.24) is 4.98 Å². The smallest absolute Gasteiger partial charge is 0.355 e. The fourth-order valence-corrected chi connectivity index (χ4v) is 1.98. The van der Waals surface area contributed by atoms with Crippen LogP contribution < -0.4 is 0 Å². The molecule has 1 aromatic heterocycles. The molecule has 0 aliphatic heterocycles. The molecular weight excluding hydrogens is 274 g/mol. The van der Waals surface area contributed by atoms with E-state index in [-0.39, 0.29) is 9.50 Å². The van der Waals surface area contributed by atoms with E-state index < -0.39 is 21.5 Å². The lowest BCUT2D eigenvalue weighted by Crippen LogP contribution is -2.10. The molecule has 0 atom stereocenters. The van der Waals surface area contributed by atoms with Gasteiger partial charge in [0.15, 0.2) is 15.5 Å². The van der Waals surface area contributed by atoms with Crippen molar-refractivity contribution >= 4 is 31.7 Å². The Kier molecular flexibility index (Phi) is 2.91. The van der Waals surface area contributed by atoms with E-state index in [1.165, 1.54) is 12.1 Å². The molecule has 0 amide bonds. The number of pyridine rings is 1. The van der Waals surface area contributed by atoms with Gasteiger partial charge in [0.25, 0.3) is 0 Å². The average molecular weight is 280 g/mol. The molecule has 0 aromatic carbocycles. The first-order chi connectivity index (χ1) is 6.32. The Morgan fingerprint density at radius 3 is 2.50 bits per heavy atom. The first-order valence-electron chi connectivity index (χ1n) is 3.42. The van der Waals surface area contributed by atoms with Gasteiger partial charge in [0.1, 0.15) is 4.60 Å². The maximum atomic E-state index is 11.2. The highest BCUT2D eigenvalue weighted by Crippen LogP contribution is 2.17. The number of hydrogen-bond donors (Lipinski definition) is 1. The van der Waals surface area contributed by atoms with Crippen LogP contribution in [0.25, 0.3) is 0 Å². The minimum Gasteiger partial charge on any atom is -0.476 e. The SMILES string of the molecule is CS(=O)(=O)c1ccc(Br)nc1C(=O)O. The zero-order valence-electron chi connectivity index (χ0n) is 7.06. The van der Waals surface area contributed by atoms with Crippen molar-refractivity contribution in [2.24, 2.45) is 0 Å². The van der Waals surface area contributed by atoms with Crippen LogP contribution in [0.3, 0.4) is 0 Å². The summed E-state index contributed by atoms with van der Waals surface area (Å²) in [7, 11) is -3.56. The molecule has 0 spiro atoms. The molecule has 0 bridgehead atoms. The predicted octanol–water partition coefficient (Wildman–Crippen LogP) is 0.946. The molecule has 1 heterocycles. The summed E-state index contributed by atoms with van der Waals surface area (Å²) in [5.74, 6) is -1.37. The second kappa shape index (κ2) is 3.66. The summed E-state index contributed by atoms with van der Waals surface area (Å²) in [6, 6.07) is 2.58. The van der Waals surface area contributed by atoms with E-state index in [2.05, 4.69) is 20.9 Å².